The molecule has 178 valence electrons. The largest absolute Gasteiger partial charge is 0.468 e. The summed E-state index contributed by atoms with van der Waals surface area (Å²) in [6, 6.07) is 14.4. The van der Waals surface area contributed by atoms with Crippen LogP contribution in [0.2, 0.25) is 0 Å². The van der Waals surface area contributed by atoms with Gasteiger partial charge in [-0.3, -0.25) is 9.59 Å². The fourth-order valence-electron chi connectivity index (χ4n) is 4.82. The standard InChI is InChI=1S/C27H20BrN5O3/c1-29-22-5-2-16-8-25(22)36-20-4-3-17-9-18(28)10-24(21(17)12-20)33-7-6-23(27(33)35)31-26(34)11-19-13-30-15-32(19)14-16/h2-5,8-10,12-13,15,23H,6-7,11,14H2,(H,31,34)/t23-/m1/s1. The van der Waals surface area contributed by atoms with E-state index in [-0.39, 0.29) is 18.2 Å². The van der Waals surface area contributed by atoms with Crippen LogP contribution in [0, 0.1) is 6.57 Å². The van der Waals surface area contributed by atoms with Crippen molar-refractivity contribution in [1.82, 2.24) is 14.9 Å². The molecule has 1 atom stereocenters. The molecule has 1 fully saturated rings. The molecule has 0 radical (unpaired) electrons. The second-order valence-electron chi connectivity index (χ2n) is 8.91. The summed E-state index contributed by atoms with van der Waals surface area (Å²) in [7, 11) is 0. The average Bonchev–Trinajstić information content (AvgIpc) is 3.44. The van der Waals surface area contributed by atoms with Gasteiger partial charge in [-0.15, -0.1) is 0 Å². The third-order valence-corrected chi connectivity index (χ3v) is 7.02. The zero-order chi connectivity index (χ0) is 24.8. The second-order valence-corrected chi connectivity index (χ2v) is 9.83. The summed E-state index contributed by atoms with van der Waals surface area (Å²) in [5, 5.41) is 4.71. The van der Waals surface area contributed by atoms with E-state index in [2.05, 4.69) is 31.1 Å². The zero-order valence-electron chi connectivity index (χ0n) is 19.1. The van der Waals surface area contributed by atoms with Gasteiger partial charge < -0.3 is 19.5 Å². The van der Waals surface area contributed by atoms with Crippen LogP contribution in [0.5, 0.6) is 11.5 Å². The van der Waals surface area contributed by atoms with E-state index < -0.39 is 6.04 Å². The van der Waals surface area contributed by atoms with E-state index in [4.69, 9.17) is 11.3 Å². The highest BCUT2D eigenvalue weighted by molar-refractivity contribution is 9.10. The first-order valence-corrected chi connectivity index (χ1v) is 12.3. The van der Waals surface area contributed by atoms with Crippen molar-refractivity contribution in [2.75, 3.05) is 11.4 Å². The number of rotatable bonds is 0. The Labute approximate surface area is 215 Å². The van der Waals surface area contributed by atoms with E-state index >= 15 is 0 Å². The molecule has 4 aromatic rings. The summed E-state index contributed by atoms with van der Waals surface area (Å²) in [5.41, 5.74) is 2.78. The van der Waals surface area contributed by atoms with Crippen LogP contribution in [0.1, 0.15) is 17.7 Å². The minimum absolute atomic E-state index is 0.106. The van der Waals surface area contributed by atoms with E-state index in [0.29, 0.717) is 36.7 Å². The normalized spacial score (nSPS) is 17.3. The average molecular weight is 542 g/mol. The quantitative estimate of drug-likeness (QED) is 0.319. The number of benzene rings is 3. The molecule has 1 N–H and O–H groups in total. The number of imidazole rings is 1. The molecule has 0 saturated carbocycles. The van der Waals surface area contributed by atoms with E-state index in [1.807, 2.05) is 47.0 Å². The van der Waals surface area contributed by atoms with Crippen LogP contribution in [0.3, 0.4) is 0 Å². The summed E-state index contributed by atoms with van der Waals surface area (Å²) in [4.78, 5) is 35.8. The molecule has 0 unspecified atom stereocenters. The fraction of sp³-hybridized carbons (Fsp3) is 0.185. The van der Waals surface area contributed by atoms with Gasteiger partial charge in [0.05, 0.1) is 25.0 Å². The molecule has 1 aromatic heterocycles. The number of nitrogens with one attached hydrogen (secondary N) is 1. The molecule has 6 bridgehead atoms. The number of ether oxygens (including phenoxy) is 1. The molecule has 1 saturated heterocycles. The van der Waals surface area contributed by atoms with Gasteiger partial charge in [0.25, 0.3) is 0 Å². The molecule has 2 aliphatic heterocycles. The van der Waals surface area contributed by atoms with E-state index in [1.54, 1.807) is 23.5 Å². The van der Waals surface area contributed by atoms with Crippen LogP contribution in [-0.4, -0.2) is 34.0 Å². The van der Waals surface area contributed by atoms with Crippen LogP contribution in [-0.2, 0) is 22.6 Å². The summed E-state index contributed by atoms with van der Waals surface area (Å²) in [6.45, 7) is 8.54. The van der Waals surface area contributed by atoms with Crippen LogP contribution >= 0.6 is 15.9 Å². The Morgan fingerprint density at radius 3 is 2.89 bits per heavy atom. The Bertz CT molecular complexity index is 1590. The fourth-order valence-corrected chi connectivity index (χ4v) is 5.29. The maximum absolute atomic E-state index is 13.4. The Hall–Kier alpha value is -4.16. The number of halogens is 1. The third kappa shape index (κ3) is 3.99. The minimum Gasteiger partial charge on any atom is -0.468 e. The number of hydrogen-bond donors (Lipinski definition) is 1. The summed E-state index contributed by atoms with van der Waals surface area (Å²) >= 11 is 3.56. The van der Waals surface area contributed by atoms with Crippen molar-refractivity contribution in [3.05, 3.63) is 88.2 Å². The predicted octanol–water partition coefficient (Wildman–Crippen LogP) is 4.97. The molecule has 3 heterocycles. The number of aromatic nitrogens is 2. The maximum Gasteiger partial charge on any atom is 0.249 e. The number of amides is 2. The van der Waals surface area contributed by atoms with Crippen LogP contribution < -0.4 is 15.0 Å². The predicted molar refractivity (Wildman–Crippen MR) is 138 cm³/mol. The van der Waals surface area contributed by atoms with Gasteiger partial charge in [-0.05, 0) is 47.7 Å². The summed E-state index contributed by atoms with van der Waals surface area (Å²) in [6.07, 6.45) is 3.96. The molecule has 2 amide bonds. The van der Waals surface area contributed by atoms with Crippen molar-refractivity contribution in [2.24, 2.45) is 0 Å². The lowest BCUT2D eigenvalue weighted by molar-refractivity contribution is -0.126. The number of hydrogen-bond acceptors (Lipinski definition) is 4. The molecule has 36 heavy (non-hydrogen) atoms. The third-order valence-electron chi connectivity index (χ3n) is 6.57. The second kappa shape index (κ2) is 8.81. The van der Waals surface area contributed by atoms with E-state index in [1.165, 1.54) is 0 Å². The number of fused-ring (bicyclic) bond motifs is 7. The van der Waals surface area contributed by atoms with Gasteiger partial charge in [0.2, 0.25) is 17.5 Å². The van der Waals surface area contributed by atoms with Crippen molar-refractivity contribution in [1.29, 1.82) is 0 Å². The van der Waals surface area contributed by atoms with Gasteiger partial charge >= 0.3 is 0 Å². The van der Waals surface area contributed by atoms with Crippen LogP contribution in [0.15, 0.2) is 65.5 Å². The van der Waals surface area contributed by atoms with Gasteiger partial charge in [-0.25, -0.2) is 9.83 Å². The van der Waals surface area contributed by atoms with Gasteiger partial charge in [-0.2, -0.15) is 0 Å². The molecule has 0 spiro atoms. The molecule has 9 heteroatoms. The zero-order valence-corrected chi connectivity index (χ0v) is 20.7. The van der Waals surface area contributed by atoms with Gasteiger partial charge in [-0.1, -0.05) is 34.1 Å². The molecule has 8 nitrogen and oxygen atoms in total. The van der Waals surface area contributed by atoms with Crippen molar-refractivity contribution in [2.45, 2.75) is 25.4 Å². The van der Waals surface area contributed by atoms with Crippen molar-refractivity contribution >= 4 is 49.9 Å². The van der Waals surface area contributed by atoms with Gasteiger partial charge in [0, 0.05) is 34.8 Å². The molecule has 6 rings (SSSR count). The lowest BCUT2D eigenvalue weighted by Crippen LogP contribution is -2.42. The minimum atomic E-state index is -0.589. The molecular weight excluding hydrogens is 522 g/mol. The molecular formula is C27H20BrN5O3. The smallest absolute Gasteiger partial charge is 0.249 e. The van der Waals surface area contributed by atoms with E-state index in [9.17, 15) is 9.59 Å². The maximum atomic E-state index is 13.4. The highest BCUT2D eigenvalue weighted by Gasteiger charge is 2.34. The Morgan fingerprint density at radius 2 is 2.03 bits per heavy atom. The lowest BCUT2D eigenvalue weighted by atomic mass is 10.1. The molecule has 3 aromatic carbocycles. The lowest BCUT2D eigenvalue weighted by Gasteiger charge is -2.20. The first kappa shape index (κ1) is 22.3. The molecule has 0 aliphatic carbocycles. The number of carbonyl (C=O) groups excluding carboxylic acids is 2. The first-order valence-electron chi connectivity index (χ1n) is 11.5. The van der Waals surface area contributed by atoms with E-state index in [0.717, 1.165) is 32.2 Å². The number of carbonyl (C=O) groups is 2. The number of anilines is 1. The Morgan fingerprint density at radius 1 is 1.14 bits per heavy atom. The van der Waals surface area contributed by atoms with Crippen molar-refractivity contribution in [3.63, 3.8) is 0 Å². The number of nitrogens with zero attached hydrogens (tertiary/aromatic N) is 4. The molecule has 2 aliphatic rings. The first-order chi connectivity index (χ1) is 17.5. The van der Waals surface area contributed by atoms with Crippen LogP contribution in [0.25, 0.3) is 15.6 Å². The Kier molecular flexibility index (Phi) is 5.46. The van der Waals surface area contributed by atoms with Crippen molar-refractivity contribution in [3.8, 4) is 11.5 Å². The van der Waals surface area contributed by atoms with Gasteiger partial charge in [0.15, 0.2) is 0 Å². The van der Waals surface area contributed by atoms with Crippen LogP contribution in [0.4, 0.5) is 11.4 Å². The Balaban J connectivity index is 1.51. The SMILES string of the molecule is [C-]#[N+]c1ccc2cc1Oc1ccc3cc(Br)cc(c3c1)N1CC[C@@H](NC(=O)Cc3cncn3C2)C1=O. The summed E-state index contributed by atoms with van der Waals surface area (Å²) < 4.78 is 8.96. The van der Waals surface area contributed by atoms with Crippen molar-refractivity contribution < 1.29 is 14.3 Å². The topological polar surface area (TPSA) is 80.8 Å². The highest BCUT2D eigenvalue weighted by atomic mass is 79.9. The monoisotopic (exact) mass is 541 g/mol. The summed E-state index contributed by atoms with van der Waals surface area (Å²) in [5.74, 6) is 0.641. The highest BCUT2D eigenvalue weighted by Crippen LogP contribution is 2.38. The van der Waals surface area contributed by atoms with Gasteiger partial charge in [0.1, 0.15) is 17.5 Å².